The molecule has 0 unspecified atom stereocenters. The largest absolute Gasteiger partial charge is 0.496 e. The zero-order chi connectivity index (χ0) is 25.3. The first-order valence-electron chi connectivity index (χ1n) is 11.9. The summed E-state index contributed by atoms with van der Waals surface area (Å²) in [6, 6.07) is 21.0. The molecule has 0 aliphatic rings. The van der Waals surface area contributed by atoms with Gasteiger partial charge in [0.05, 0.1) is 44.0 Å². The Labute approximate surface area is 211 Å². The number of aromatic nitrogens is 2. The fraction of sp³-hybridized carbons (Fsp3) is 0.241. The molecule has 1 aromatic heterocycles. The van der Waals surface area contributed by atoms with Gasteiger partial charge in [-0.3, -0.25) is 4.79 Å². The number of nitrogens with zero attached hydrogens (tertiary/aromatic N) is 2. The highest BCUT2D eigenvalue weighted by molar-refractivity contribution is 5.96. The molecule has 0 fully saturated rings. The van der Waals surface area contributed by atoms with Crippen LogP contribution in [-0.2, 0) is 13.1 Å². The van der Waals surface area contributed by atoms with Gasteiger partial charge < -0.3 is 24.1 Å². The lowest BCUT2D eigenvalue weighted by atomic mass is 10.2. The highest BCUT2D eigenvalue weighted by Gasteiger charge is 2.15. The maximum absolute atomic E-state index is 12.8. The Morgan fingerprint density at radius 1 is 0.972 bits per heavy atom. The minimum Gasteiger partial charge on any atom is -0.496 e. The van der Waals surface area contributed by atoms with Crippen molar-refractivity contribution in [1.82, 2.24) is 14.9 Å². The molecule has 1 N–H and O–H groups in total. The van der Waals surface area contributed by atoms with Crippen LogP contribution in [0.25, 0.3) is 17.1 Å². The summed E-state index contributed by atoms with van der Waals surface area (Å²) >= 11 is 0. The van der Waals surface area contributed by atoms with Gasteiger partial charge in [0.1, 0.15) is 11.6 Å². The normalized spacial score (nSPS) is 11.1. The van der Waals surface area contributed by atoms with Gasteiger partial charge in [-0.25, -0.2) is 4.98 Å². The zero-order valence-corrected chi connectivity index (χ0v) is 20.9. The first-order chi connectivity index (χ1) is 17.6. The van der Waals surface area contributed by atoms with E-state index in [-0.39, 0.29) is 5.91 Å². The average molecular weight is 486 g/mol. The number of benzene rings is 3. The number of carbonyl (C=O) groups is 1. The summed E-state index contributed by atoms with van der Waals surface area (Å²) in [7, 11) is 3.20. The molecule has 0 aliphatic heterocycles. The second-order valence-electron chi connectivity index (χ2n) is 8.16. The van der Waals surface area contributed by atoms with Crippen molar-refractivity contribution in [2.24, 2.45) is 0 Å². The molecule has 4 rings (SSSR count). The van der Waals surface area contributed by atoms with Crippen LogP contribution in [0.15, 0.2) is 72.8 Å². The van der Waals surface area contributed by atoms with E-state index in [2.05, 4.69) is 9.88 Å². The number of nitrogens with one attached hydrogen (secondary N) is 1. The predicted octanol–water partition coefficient (Wildman–Crippen LogP) is 5.49. The van der Waals surface area contributed by atoms with Crippen molar-refractivity contribution in [1.29, 1.82) is 0 Å². The van der Waals surface area contributed by atoms with E-state index in [1.807, 2.05) is 73.7 Å². The van der Waals surface area contributed by atoms with E-state index in [1.54, 1.807) is 26.4 Å². The number of hydrogen-bond donors (Lipinski definition) is 1. The minimum absolute atomic E-state index is 0.206. The van der Waals surface area contributed by atoms with E-state index >= 15 is 0 Å². The third-order valence-corrected chi connectivity index (χ3v) is 5.82. The molecule has 3 aromatic carbocycles. The first kappa shape index (κ1) is 24.9. The van der Waals surface area contributed by atoms with E-state index < -0.39 is 0 Å². The van der Waals surface area contributed by atoms with Crippen molar-refractivity contribution in [3.05, 3.63) is 89.8 Å². The van der Waals surface area contributed by atoms with Crippen molar-refractivity contribution in [3.63, 3.8) is 0 Å². The summed E-state index contributed by atoms with van der Waals surface area (Å²) in [6.45, 7) is 3.49. The Hall–Kier alpha value is -4.26. The molecule has 0 spiro atoms. The molecule has 0 saturated carbocycles. The monoisotopic (exact) mass is 485 g/mol. The van der Waals surface area contributed by atoms with Crippen molar-refractivity contribution < 1.29 is 19.0 Å². The Bertz CT molecular complexity index is 1360. The Balaban J connectivity index is 1.43. The quantitative estimate of drug-likeness (QED) is 0.285. The van der Waals surface area contributed by atoms with Crippen LogP contribution in [0.2, 0.25) is 0 Å². The maximum Gasteiger partial charge on any atom is 0.255 e. The number of hydrogen-bond acceptors (Lipinski definition) is 5. The van der Waals surface area contributed by atoms with E-state index in [4.69, 9.17) is 19.2 Å². The van der Waals surface area contributed by atoms with E-state index in [1.165, 1.54) is 0 Å². The lowest BCUT2D eigenvalue weighted by molar-refractivity contribution is 0.0946. The number of aryl methyl sites for hydroxylation is 1. The van der Waals surface area contributed by atoms with Gasteiger partial charge in [-0.15, -0.1) is 0 Å². The van der Waals surface area contributed by atoms with E-state index in [0.717, 1.165) is 28.8 Å². The number of rotatable bonds is 11. The van der Waals surface area contributed by atoms with Gasteiger partial charge in [0.2, 0.25) is 0 Å². The second kappa shape index (κ2) is 11.9. The summed E-state index contributed by atoms with van der Waals surface area (Å²) in [5.41, 5.74) is 3.46. The van der Waals surface area contributed by atoms with Crippen LogP contribution in [0, 0.1) is 0 Å². The summed E-state index contributed by atoms with van der Waals surface area (Å²) in [4.78, 5) is 17.6. The molecule has 7 nitrogen and oxygen atoms in total. The highest BCUT2D eigenvalue weighted by atomic mass is 16.5. The molecule has 1 amide bonds. The van der Waals surface area contributed by atoms with Crippen LogP contribution in [0.3, 0.4) is 0 Å². The van der Waals surface area contributed by atoms with Gasteiger partial charge >= 0.3 is 0 Å². The van der Waals surface area contributed by atoms with Crippen molar-refractivity contribution in [2.45, 2.75) is 26.4 Å². The van der Waals surface area contributed by atoms with Gasteiger partial charge in [0.25, 0.3) is 5.91 Å². The standard InChI is InChI=1S/C29H31N3O4/c1-4-10-21-15-16-26(27(19-21)35-3)36-18-9-17-32-24-13-7-6-12-23(24)31-28(32)20-30-29(33)22-11-5-8-14-25(22)34-2/h4-8,10-16,19H,9,17-18,20H2,1-3H3,(H,30,33)/b10-4+. The number of allylic oxidation sites excluding steroid dienone is 1. The topological polar surface area (TPSA) is 74.6 Å². The van der Waals surface area contributed by atoms with Gasteiger partial charge in [-0.05, 0) is 55.3 Å². The van der Waals surface area contributed by atoms with Crippen LogP contribution in [0.1, 0.15) is 35.1 Å². The number of para-hydroxylation sites is 3. The summed E-state index contributed by atoms with van der Waals surface area (Å²) in [5.74, 6) is 2.54. The Morgan fingerprint density at radius 3 is 2.56 bits per heavy atom. The Kier molecular flexibility index (Phi) is 8.24. The van der Waals surface area contributed by atoms with Gasteiger partial charge in [0.15, 0.2) is 11.5 Å². The third-order valence-electron chi connectivity index (χ3n) is 5.82. The number of fused-ring (bicyclic) bond motifs is 1. The average Bonchev–Trinajstić information content (AvgIpc) is 3.27. The molecule has 0 bridgehead atoms. The zero-order valence-electron chi connectivity index (χ0n) is 20.9. The van der Waals surface area contributed by atoms with E-state index in [9.17, 15) is 4.79 Å². The van der Waals surface area contributed by atoms with Crippen LogP contribution in [0.4, 0.5) is 0 Å². The third kappa shape index (κ3) is 5.68. The molecule has 7 heteroatoms. The molecule has 0 aliphatic carbocycles. The van der Waals surface area contributed by atoms with Crippen LogP contribution in [0.5, 0.6) is 17.2 Å². The minimum atomic E-state index is -0.206. The number of ether oxygens (including phenoxy) is 3. The first-order valence-corrected chi connectivity index (χ1v) is 11.9. The SMILES string of the molecule is C/C=C/c1ccc(OCCCn2c(CNC(=O)c3ccccc3OC)nc3ccccc32)c(OC)c1. The predicted molar refractivity (Wildman–Crippen MR) is 142 cm³/mol. The summed E-state index contributed by atoms with van der Waals surface area (Å²) in [6.07, 6.45) is 4.76. The lowest BCUT2D eigenvalue weighted by Gasteiger charge is -2.13. The van der Waals surface area contributed by atoms with Gasteiger partial charge in [-0.1, -0.05) is 42.5 Å². The fourth-order valence-electron chi connectivity index (χ4n) is 4.10. The molecule has 0 atom stereocenters. The fourth-order valence-corrected chi connectivity index (χ4v) is 4.10. The number of methoxy groups -OCH3 is 2. The van der Waals surface area contributed by atoms with Crippen LogP contribution < -0.4 is 19.5 Å². The second-order valence-corrected chi connectivity index (χ2v) is 8.16. The number of amides is 1. The number of imidazole rings is 1. The molecule has 0 radical (unpaired) electrons. The smallest absolute Gasteiger partial charge is 0.255 e. The van der Waals surface area contributed by atoms with Gasteiger partial charge in [-0.2, -0.15) is 0 Å². The molecule has 36 heavy (non-hydrogen) atoms. The van der Waals surface area contributed by atoms with Crippen molar-refractivity contribution >= 4 is 23.0 Å². The maximum atomic E-state index is 12.8. The molecule has 1 heterocycles. The van der Waals surface area contributed by atoms with Crippen molar-refractivity contribution in [3.8, 4) is 17.2 Å². The summed E-state index contributed by atoms with van der Waals surface area (Å²) < 4.78 is 19.0. The van der Waals surface area contributed by atoms with E-state index in [0.29, 0.717) is 42.5 Å². The summed E-state index contributed by atoms with van der Waals surface area (Å²) in [5, 5.41) is 2.98. The molecular weight excluding hydrogens is 454 g/mol. The molecule has 186 valence electrons. The van der Waals surface area contributed by atoms with Gasteiger partial charge in [0, 0.05) is 6.54 Å². The lowest BCUT2D eigenvalue weighted by Crippen LogP contribution is -2.25. The highest BCUT2D eigenvalue weighted by Crippen LogP contribution is 2.29. The molecule has 0 saturated heterocycles. The Morgan fingerprint density at radius 2 is 1.75 bits per heavy atom. The number of carbonyl (C=O) groups excluding carboxylic acids is 1. The van der Waals surface area contributed by atoms with Crippen LogP contribution >= 0.6 is 0 Å². The van der Waals surface area contributed by atoms with Crippen molar-refractivity contribution in [2.75, 3.05) is 20.8 Å². The molecule has 4 aromatic rings. The molecular formula is C29H31N3O4. The van der Waals surface area contributed by atoms with Crippen LogP contribution in [-0.4, -0.2) is 36.3 Å².